The molecule has 0 aromatic heterocycles. The Hall–Kier alpha value is -0.610. The molecule has 1 aliphatic heterocycles. The van der Waals surface area contributed by atoms with Gasteiger partial charge in [0.1, 0.15) is 0 Å². The smallest absolute Gasteiger partial charge is 0.219 e. The molecule has 1 heterocycles. The lowest BCUT2D eigenvalue weighted by atomic mass is 10.4. The zero-order valence-corrected chi connectivity index (χ0v) is 10.7. The van der Waals surface area contributed by atoms with E-state index in [0.29, 0.717) is 6.10 Å². The van der Waals surface area contributed by atoms with Crippen molar-refractivity contribution in [3.8, 4) is 0 Å². The maximum Gasteiger partial charge on any atom is 0.219 e. The van der Waals surface area contributed by atoms with E-state index in [4.69, 9.17) is 4.74 Å². The molecule has 0 aliphatic carbocycles. The molecular formula is C12H24N2O2. The van der Waals surface area contributed by atoms with Crippen LogP contribution in [0, 0.1) is 0 Å². The fourth-order valence-electron chi connectivity index (χ4n) is 1.93. The van der Waals surface area contributed by atoms with Gasteiger partial charge in [-0.25, -0.2) is 0 Å². The van der Waals surface area contributed by atoms with Crippen LogP contribution in [0.1, 0.15) is 27.2 Å². The van der Waals surface area contributed by atoms with Crippen LogP contribution in [0.4, 0.5) is 0 Å². The molecule has 0 spiro atoms. The lowest BCUT2D eigenvalue weighted by molar-refractivity contribution is -0.128. The number of amides is 1. The molecule has 0 bridgehead atoms. The van der Waals surface area contributed by atoms with Crippen molar-refractivity contribution in [2.75, 3.05) is 39.3 Å². The fourth-order valence-corrected chi connectivity index (χ4v) is 1.93. The molecule has 0 aromatic carbocycles. The van der Waals surface area contributed by atoms with Gasteiger partial charge >= 0.3 is 0 Å². The minimum atomic E-state index is 0.195. The highest BCUT2D eigenvalue weighted by Crippen LogP contribution is 2.03. The summed E-state index contributed by atoms with van der Waals surface area (Å²) in [5, 5.41) is 0. The summed E-state index contributed by atoms with van der Waals surface area (Å²) in [5.41, 5.74) is 0. The van der Waals surface area contributed by atoms with Gasteiger partial charge in [-0.15, -0.1) is 0 Å². The highest BCUT2D eigenvalue weighted by atomic mass is 16.5. The number of rotatable bonds is 4. The van der Waals surface area contributed by atoms with E-state index in [1.54, 1.807) is 6.92 Å². The number of nitrogens with zero attached hydrogens (tertiary/aromatic N) is 2. The van der Waals surface area contributed by atoms with Crippen LogP contribution in [0.15, 0.2) is 0 Å². The SMILES string of the molecule is CC(=O)N1CCCN(CCOC(C)C)CC1. The molecular weight excluding hydrogens is 204 g/mol. The fraction of sp³-hybridized carbons (Fsp3) is 0.917. The molecule has 0 atom stereocenters. The van der Waals surface area contributed by atoms with Crippen LogP contribution in [-0.4, -0.2) is 61.1 Å². The Kier molecular flexibility index (Phi) is 5.77. The zero-order valence-electron chi connectivity index (χ0n) is 10.7. The second kappa shape index (κ2) is 6.86. The molecule has 1 saturated heterocycles. The van der Waals surface area contributed by atoms with Crippen LogP contribution in [0.25, 0.3) is 0 Å². The van der Waals surface area contributed by atoms with E-state index in [9.17, 15) is 4.79 Å². The average Bonchev–Trinajstić information content (AvgIpc) is 2.42. The van der Waals surface area contributed by atoms with E-state index >= 15 is 0 Å². The summed E-state index contributed by atoms with van der Waals surface area (Å²) in [6, 6.07) is 0. The van der Waals surface area contributed by atoms with Crippen LogP contribution in [0.2, 0.25) is 0 Å². The number of carbonyl (C=O) groups excluding carboxylic acids is 1. The van der Waals surface area contributed by atoms with Gasteiger partial charge in [0.15, 0.2) is 0 Å². The quantitative estimate of drug-likeness (QED) is 0.718. The van der Waals surface area contributed by atoms with Crippen molar-refractivity contribution in [3.05, 3.63) is 0 Å². The minimum Gasteiger partial charge on any atom is -0.377 e. The first-order valence-corrected chi connectivity index (χ1v) is 6.19. The monoisotopic (exact) mass is 228 g/mol. The molecule has 0 aromatic rings. The average molecular weight is 228 g/mol. The predicted octanol–water partition coefficient (Wildman–Crippen LogP) is 0.966. The maximum absolute atomic E-state index is 11.2. The highest BCUT2D eigenvalue weighted by Gasteiger charge is 2.15. The molecule has 94 valence electrons. The van der Waals surface area contributed by atoms with E-state index in [-0.39, 0.29) is 5.91 Å². The normalized spacial score (nSPS) is 18.9. The van der Waals surface area contributed by atoms with Gasteiger partial charge in [0.2, 0.25) is 5.91 Å². The predicted molar refractivity (Wildman–Crippen MR) is 64.4 cm³/mol. The molecule has 0 radical (unpaired) electrons. The third kappa shape index (κ3) is 4.94. The zero-order chi connectivity index (χ0) is 12.0. The molecule has 1 fully saturated rings. The van der Waals surface area contributed by atoms with Gasteiger partial charge in [-0.2, -0.15) is 0 Å². The van der Waals surface area contributed by atoms with Gasteiger partial charge in [0, 0.05) is 33.1 Å². The van der Waals surface area contributed by atoms with Gasteiger partial charge in [0.05, 0.1) is 12.7 Å². The summed E-state index contributed by atoms with van der Waals surface area (Å²) in [4.78, 5) is 15.6. The summed E-state index contributed by atoms with van der Waals surface area (Å²) in [7, 11) is 0. The molecule has 0 saturated carbocycles. The lowest BCUT2D eigenvalue weighted by Gasteiger charge is -2.21. The van der Waals surface area contributed by atoms with Gasteiger partial charge in [-0.1, -0.05) is 0 Å². The van der Waals surface area contributed by atoms with E-state index in [1.807, 2.05) is 4.90 Å². The minimum absolute atomic E-state index is 0.195. The standard InChI is InChI=1S/C12H24N2O2/c1-11(2)16-10-9-13-5-4-6-14(8-7-13)12(3)15/h11H,4-10H2,1-3H3. The summed E-state index contributed by atoms with van der Waals surface area (Å²) in [6.45, 7) is 11.3. The van der Waals surface area contributed by atoms with Crippen LogP contribution < -0.4 is 0 Å². The molecule has 0 unspecified atom stereocenters. The Morgan fingerprint density at radius 1 is 1.25 bits per heavy atom. The van der Waals surface area contributed by atoms with Crippen molar-refractivity contribution >= 4 is 5.91 Å². The summed E-state index contributed by atoms with van der Waals surface area (Å²) < 4.78 is 5.54. The second-order valence-electron chi connectivity index (χ2n) is 4.62. The number of ether oxygens (including phenoxy) is 1. The second-order valence-corrected chi connectivity index (χ2v) is 4.62. The first-order valence-electron chi connectivity index (χ1n) is 6.19. The van der Waals surface area contributed by atoms with Crippen molar-refractivity contribution in [3.63, 3.8) is 0 Å². The van der Waals surface area contributed by atoms with Gasteiger partial charge in [0.25, 0.3) is 0 Å². The van der Waals surface area contributed by atoms with Crippen molar-refractivity contribution < 1.29 is 9.53 Å². The molecule has 4 heteroatoms. The van der Waals surface area contributed by atoms with Gasteiger partial charge < -0.3 is 9.64 Å². The third-order valence-electron chi connectivity index (χ3n) is 2.89. The van der Waals surface area contributed by atoms with E-state index in [0.717, 1.165) is 45.8 Å². The summed E-state index contributed by atoms with van der Waals surface area (Å²) in [5.74, 6) is 0.195. The Bertz CT molecular complexity index is 219. The van der Waals surface area contributed by atoms with Gasteiger partial charge in [-0.3, -0.25) is 9.69 Å². The van der Waals surface area contributed by atoms with E-state index < -0.39 is 0 Å². The Morgan fingerprint density at radius 2 is 2.00 bits per heavy atom. The van der Waals surface area contributed by atoms with Crippen LogP contribution >= 0.6 is 0 Å². The van der Waals surface area contributed by atoms with Crippen molar-refractivity contribution in [2.45, 2.75) is 33.3 Å². The molecule has 4 nitrogen and oxygen atoms in total. The number of hydrogen-bond acceptors (Lipinski definition) is 3. The third-order valence-corrected chi connectivity index (χ3v) is 2.89. The molecule has 0 N–H and O–H groups in total. The molecule has 16 heavy (non-hydrogen) atoms. The Morgan fingerprint density at radius 3 is 2.62 bits per heavy atom. The number of carbonyl (C=O) groups is 1. The van der Waals surface area contributed by atoms with Crippen molar-refractivity contribution in [2.24, 2.45) is 0 Å². The van der Waals surface area contributed by atoms with Crippen LogP contribution in [0.5, 0.6) is 0 Å². The van der Waals surface area contributed by atoms with Crippen molar-refractivity contribution in [1.82, 2.24) is 9.80 Å². The van der Waals surface area contributed by atoms with Crippen LogP contribution in [-0.2, 0) is 9.53 Å². The summed E-state index contributed by atoms with van der Waals surface area (Å²) >= 11 is 0. The van der Waals surface area contributed by atoms with Crippen molar-refractivity contribution in [1.29, 1.82) is 0 Å². The van der Waals surface area contributed by atoms with Gasteiger partial charge in [-0.05, 0) is 26.8 Å². The van der Waals surface area contributed by atoms with E-state index in [2.05, 4.69) is 18.7 Å². The number of hydrogen-bond donors (Lipinski definition) is 0. The topological polar surface area (TPSA) is 32.8 Å². The Balaban J connectivity index is 2.22. The van der Waals surface area contributed by atoms with E-state index in [1.165, 1.54) is 0 Å². The van der Waals surface area contributed by atoms with Crippen LogP contribution in [0.3, 0.4) is 0 Å². The lowest BCUT2D eigenvalue weighted by Crippen LogP contribution is -2.35. The molecule has 1 amide bonds. The largest absolute Gasteiger partial charge is 0.377 e. The highest BCUT2D eigenvalue weighted by molar-refractivity contribution is 5.73. The first-order chi connectivity index (χ1) is 7.59. The molecule has 1 aliphatic rings. The first kappa shape index (κ1) is 13.5. The summed E-state index contributed by atoms with van der Waals surface area (Å²) in [6.07, 6.45) is 1.38. The maximum atomic E-state index is 11.2. The molecule has 1 rings (SSSR count). The Labute approximate surface area is 98.5 Å².